The summed E-state index contributed by atoms with van der Waals surface area (Å²) in [5, 5.41) is 7.59. The Morgan fingerprint density at radius 2 is 2.29 bits per heavy atom. The van der Waals surface area contributed by atoms with Crippen molar-refractivity contribution >= 4 is 28.9 Å². The average Bonchev–Trinajstić information content (AvgIpc) is 2.62. The average molecular weight is 256 g/mol. The van der Waals surface area contributed by atoms with Crippen molar-refractivity contribution in [1.82, 2.24) is 4.98 Å². The summed E-state index contributed by atoms with van der Waals surface area (Å²) in [5.74, 6) is 0.697. The predicted molar refractivity (Wildman–Crippen MR) is 67.6 cm³/mol. The lowest BCUT2D eigenvalue weighted by Gasteiger charge is -2.15. The largest absolute Gasteiger partial charge is 0.483 e. The number of hydrogen-bond acceptors (Lipinski definition) is 4. The number of aromatic nitrogens is 1. The first-order valence-corrected chi connectivity index (χ1v) is 6.07. The van der Waals surface area contributed by atoms with Crippen LogP contribution in [0.1, 0.15) is 36.3 Å². The van der Waals surface area contributed by atoms with Crippen molar-refractivity contribution in [2.45, 2.75) is 32.1 Å². The van der Waals surface area contributed by atoms with Gasteiger partial charge in [-0.1, -0.05) is 18.3 Å². The molecule has 0 unspecified atom stereocenters. The fourth-order valence-corrected chi connectivity index (χ4v) is 2.87. The smallest absolute Gasteiger partial charge is 0.290 e. The maximum absolute atomic E-state index is 8.36. The van der Waals surface area contributed by atoms with E-state index in [4.69, 9.17) is 21.4 Å². The molecule has 1 atom stereocenters. The zero-order valence-corrected chi connectivity index (χ0v) is 10.4. The van der Waals surface area contributed by atoms with Crippen LogP contribution in [0.3, 0.4) is 0 Å². The van der Waals surface area contributed by atoms with Gasteiger partial charge in [-0.3, -0.25) is 4.79 Å². The second-order valence-corrected chi connectivity index (χ2v) is 4.75. The summed E-state index contributed by atoms with van der Waals surface area (Å²) in [6.45, 7) is 1.98. The molecule has 1 aromatic rings. The van der Waals surface area contributed by atoms with Crippen LogP contribution < -0.4 is 11.5 Å². The number of carboxylic acid groups (broad SMARTS) is 1. The van der Waals surface area contributed by atoms with Crippen LogP contribution in [0.4, 0.5) is 5.13 Å². The van der Waals surface area contributed by atoms with Gasteiger partial charge in [0.15, 0.2) is 5.96 Å². The molecule has 1 aromatic heterocycles. The van der Waals surface area contributed by atoms with Gasteiger partial charge < -0.3 is 16.6 Å². The minimum absolute atomic E-state index is 0.0868. The van der Waals surface area contributed by atoms with E-state index in [-0.39, 0.29) is 12.4 Å². The molecule has 1 aliphatic rings. The van der Waals surface area contributed by atoms with Gasteiger partial charge in [0.05, 0.1) is 5.69 Å². The maximum Gasteiger partial charge on any atom is 0.290 e. The van der Waals surface area contributed by atoms with Crippen LogP contribution in [0.2, 0.25) is 0 Å². The highest BCUT2D eigenvalue weighted by atomic mass is 32.1. The lowest BCUT2D eigenvalue weighted by atomic mass is 9.94. The van der Waals surface area contributed by atoms with Crippen molar-refractivity contribution in [1.29, 1.82) is 0 Å². The fraction of sp³-hybridized carbons (Fsp3) is 0.500. The van der Waals surface area contributed by atoms with Crippen molar-refractivity contribution < 1.29 is 9.90 Å². The molecule has 2 rings (SSSR count). The van der Waals surface area contributed by atoms with Gasteiger partial charge in [0.1, 0.15) is 0 Å². The molecule has 1 heterocycles. The lowest BCUT2D eigenvalue weighted by Crippen LogP contribution is -2.21. The number of aryl methyl sites for hydroxylation is 1. The molecule has 0 amide bonds. The van der Waals surface area contributed by atoms with Gasteiger partial charge in [-0.15, -0.1) is 0 Å². The number of hydrogen-bond donors (Lipinski definition) is 3. The van der Waals surface area contributed by atoms with Crippen molar-refractivity contribution in [2.24, 2.45) is 16.5 Å². The molecular weight excluding hydrogens is 240 g/mol. The quantitative estimate of drug-likeness (QED) is 0.396. The van der Waals surface area contributed by atoms with Gasteiger partial charge in [0.2, 0.25) is 5.13 Å². The van der Waals surface area contributed by atoms with Gasteiger partial charge in [0.25, 0.3) is 6.47 Å². The number of carbonyl (C=O) groups is 1. The van der Waals surface area contributed by atoms with Gasteiger partial charge in [0, 0.05) is 4.88 Å². The Balaban J connectivity index is 0.000000437. The molecule has 6 nitrogen and oxygen atoms in total. The number of nitrogens with zero attached hydrogens (tertiary/aromatic N) is 2. The minimum atomic E-state index is -0.250. The van der Waals surface area contributed by atoms with E-state index < -0.39 is 0 Å². The molecule has 7 heteroatoms. The summed E-state index contributed by atoms with van der Waals surface area (Å²) in [7, 11) is 0. The Kier molecular flexibility index (Phi) is 4.89. The summed E-state index contributed by atoms with van der Waals surface area (Å²) in [4.78, 5) is 18.1. The van der Waals surface area contributed by atoms with Gasteiger partial charge in [-0.2, -0.15) is 4.99 Å². The van der Waals surface area contributed by atoms with Crippen LogP contribution in [0.15, 0.2) is 4.99 Å². The molecule has 0 radical (unpaired) electrons. The Morgan fingerprint density at radius 1 is 1.65 bits per heavy atom. The summed E-state index contributed by atoms with van der Waals surface area (Å²) in [6.07, 6.45) is 3.53. The summed E-state index contributed by atoms with van der Waals surface area (Å²) < 4.78 is 0. The Hall–Kier alpha value is -1.63. The number of fused-ring (bicyclic) bond motifs is 1. The monoisotopic (exact) mass is 256 g/mol. The molecule has 94 valence electrons. The van der Waals surface area contributed by atoms with Gasteiger partial charge in [-0.05, 0) is 25.2 Å². The van der Waals surface area contributed by atoms with E-state index in [1.165, 1.54) is 23.4 Å². The fourth-order valence-electron chi connectivity index (χ4n) is 1.78. The normalized spacial score (nSPS) is 17.4. The van der Waals surface area contributed by atoms with Gasteiger partial charge in [-0.25, -0.2) is 4.98 Å². The van der Waals surface area contributed by atoms with E-state index in [9.17, 15) is 0 Å². The van der Waals surface area contributed by atoms with Crippen molar-refractivity contribution in [3.63, 3.8) is 0 Å². The molecule has 0 aromatic carbocycles. The summed E-state index contributed by atoms with van der Waals surface area (Å²) in [5.41, 5.74) is 11.8. The molecule has 17 heavy (non-hydrogen) atoms. The highest BCUT2D eigenvalue weighted by Gasteiger charge is 2.20. The van der Waals surface area contributed by atoms with Crippen molar-refractivity contribution in [3.8, 4) is 0 Å². The highest BCUT2D eigenvalue weighted by Crippen LogP contribution is 2.38. The Labute approximate surface area is 103 Å². The molecule has 1 aliphatic carbocycles. The van der Waals surface area contributed by atoms with Crippen LogP contribution in [-0.4, -0.2) is 22.5 Å². The van der Waals surface area contributed by atoms with Crippen LogP contribution >= 0.6 is 11.3 Å². The van der Waals surface area contributed by atoms with Crippen LogP contribution in [-0.2, 0) is 11.2 Å². The SMILES string of the molecule is C[C@@H]1CCCc2nc(N=C(N)N)sc21.O=CO. The summed E-state index contributed by atoms with van der Waals surface area (Å²) in [6, 6.07) is 0. The third kappa shape index (κ3) is 3.70. The van der Waals surface area contributed by atoms with Crippen LogP contribution in [0.5, 0.6) is 0 Å². The molecule has 0 saturated heterocycles. The molecular formula is C10H16N4O2S. The van der Waals surface area contributed by atoms with E-state index in [1.54, 1.807) is 11.3 Å². The van der Waals surface area contributed by atoms with E-state index in [2.05, 4.69) is 16.9 Å². The number of nitrogens with two attached hydrogens (primary N) is 2. The zero-order valence-electron chi connectivity index (χ0n) is 9.59. The maximum atomic E-state index is 8.36. The Bertz CT molecular complexity index is 412. The first-order valence-electron chi connectivity index (χ1n) is 5.25. The summed E-state index contributed by atoms with van der Waals surface area (Å²) >= 11 is 1.61. The first kappa shape index (κ1) is 13.4. The molecule has 0 saturated carbocycles. The van der Waals surface area contributed by atoms with E-state index in [0.717, 1.165) is 6.42 Å². The standard InChI is InChI=1S/C9H14N4S.CH2O2/c1-5-3-2-4-6-7(5)14-9(12-6)13-8(10)11;2-1-3/h5H,2-4H2,1H3,(H4,10,11,12,13);1H,(H,2,3)/t5-;/m1./s1. The zero-order chi connectivity index (χ0) is 12.8. The minimum Gasteiger partial charge on any atom is -0.483 e. The molecule has 0 fully saturated rings. The first-order chi connectivity index (χ1) is 8.08. The van der Waals surface area contributed by atoms with Crippen molar-refractivity contribution in [2.75, 3.05) is 0 Å². The number of aliphatic imine (C=N–C) groups is 1. The second kappa shape index (κ2) is 6.19. The number of guanidine groups is 1. The molecule has 0 bridgehead atoms. The van der Waals surface area contributed by atoms with E-state index in [0.29, 0.717) is 11.0 Å². The predicted octanol–water partition coefficient (Wildman–Crippen LogP) is 1.19. The topological polar surface area (TPSA) is 115 Å². The van der Waals surface area contributed by atoms with Gasteiger partial charge >= 0.3 is 0 Å². The van der Waals surface area contributed by atoms with Crippen LogP contribution in [0.25, 0.3) is 0 Å². The Morgan fingerprint density at radius 3 is 2.82 bits per heavy atom. The highest BCUT2D eigenvalue weighted by molar-refractivity contribution is 7.15. The lowest BCUT2D eigenvalue weighted by molar-refractivity contribution is -0.122. The van der Waals surface area contributed by atoms with Crippen molar-refractivity contribution in [3.05, 3.63) is 10.6 Å². The second-order valence-electron chi connectivity index (χ2n) is 3.74. The van der Waals surface area contributed by atoms with E-state index >= 15 is 0 Å². The van der Waals surface area contributed by atoms with Crippen LogP contribution in [0, 0.1) is 0 Å². The van der Waals surface area contributed by atoms with E-state index in [1.807, 2.05) is 0 Å². The molecule has 0 spiro atoms. The third-order valence-electron chi connectivity index (χ3n) is 2.44. The molecule has 5 N–H and O–H groups in total. The number of rotatable bonds is 1. The number of thiazole rings is 1. The third-order valence-corrected chi connectivity index (χ3v) is 3.66. The molecule has 0 aliphatic heterocycles.